The van der Waals surface area contributed by atoms with Gasteiger partial charge < -0.3 is 14.7 Å². The summed E-state index contributed by atoms with van der Waals surface area (Å²) in [5.41, 5.74) is 4.95. The van der Waals surface area contributed by atoms with Crippen molar-refractivity contribution in [2.45, 2.75) is 51.5 Å². The lowest BCUT2D eigenvalue weighted by Gasteiger charge is -2.60. The van der Waals surface area contributed by atoms with Crippen molar-refractivity contribution in [3.63, 3.8) is 0 Å². The van der Waals surface area contributed by atoms with Crippen molar-refractivity contribution in [1.82, 2.24) is 4.90 Å². The highest BCUT2D eigenvalue weighted by atomic mass is 16.5. The molecule has 1 fully saturated rings. The van der Waals surface area contributed by atoms with Crippen LogP contribution < -0.4 is 4.74 Å². The molecule has 1 amide bonds. The second-order valence-electron chi connectivity index (χ2n) is 9.56. The maximum Gasteiger partial charge on any atom is 0.254 e. The molecular weight excluding hydrogens is 376 g/mol. The number of likely N-dealkylation sites (tertiary alicyclic amines) is 1. The molecule has 2 aliphatic heterocycles. The summed E-state index contributed by atoms with van der Waals surface area (Å²) in [6.45, 7) is 7.56. The van der Waals surface area contributed by atoms with Crippen LogP contribution >= 0.6 is 0 Å². The largest absolute Gasteiger partial charge is 0.504 e. The zero-order chi connectivity index (χ0) is 21.3. The van der Waals surface area contributed by atoms with E-state index in [1.165, 1.54) is 5.56 Å². The van der Waals surface area contributed by atoms with Crippen LogP contribution in [0.3, 0.4) is 0 Å². The number of ether oxygens (including phenoxy) is 1. The lowest BCUT2D eigenvalue weighted by molar-refractivity contribution is -0.0263. The number of rotatable bonds is 2. The summed E-state index contributed by atoms with van der Waals surface area (Å²) in [5, 5.41) is 10.4. The van der Waals surface area contributed by atoms with Gasteiger partial charge in [0.25, 0.3) is 5.91 Å². The third-order valence-corrected chi connectivity index (χ3v) is 8.03. The van der Waals surface area contributed by atoms with Crippen molar-refractivity contribution in [2.75, 3.05) is 13.7 Å². The van der Waals surface area contributed by atoms with Crippen LogP contribution in [0.4, 0.5) is 5.69 Å². The van der Waals surface area contributed by atoms with E-state index in [0.29, 0.717) is 5.75 Å². The first-order chi connectivity index (χ1) is 14.3. The van der Waals surface area contributed by atoms with E-state index >= 15 is 0 Å². The normalized spacial score (nSPS) is 25.6. The molecule has 2 unspecified atom stereocenters. The van der Waals surface area contributed by atoms with E-state index in [9.17, 15) is 9.90 Å². The van der Waals surface area contributed by atoms with Crippen molar-refractivity contribution >= 4 is 17.8 Å². The van der Waals surface area contributed by atoms with Gasteiger partial charge in [0, 0.05) is 36.2 Å². The number of hydrogen-bond acceptors (Lipinski definition) is 4. The minimum Gasteiger partial charge on any atom is -0.504 e. The summed E-state index contributed by atoms with van der Waals surface area (Å²) >= 11 is 0. The Morgan fingerprint density at radius 2 is 2.00 bits per heavy atom. The molecule has 2 bridgehead atoms. The molecule has 0 aromatic heterocycles. The van der Waals surface area contributed by atoms with Crippen molar-refractivity contribution in [1.29, 1.82) is 0 Å². The highest BCUT2D eigenvalue weighted by Crippen LogP contribution is 2.57. The molecule has 156 valence electrons. The van der Waals surface area contributed by atoms with Gasteiger partial charge >= 0.3 is 0 Å². The van der Waals surface area contributed by atoms with E-state index in [4.69, 9.17) is 4.74 Å². The second-order valence-corrected chi connectivity index (χ2v) is 9.56. The number of phenols is 1. The summed E-state index contributed by atoms with van der Waals surface area (Å²) in [6.07, 6.45) is 4.29. The van der Waals surface area contributed by atoms with Crippen LogP contribution in [0.5, 0.6) is 11.5 Å². The zero-order valence-corrected chi connectivity index (χ0v) is 18.0. The van der Waals surface area contributed by atoms with Crippen LogP contribution in [0, 0.1) is 5.41 Å². The van der Waals surface area contributed by atoms with E-state index in [2.05, 4.69) is 30.7 Å². The predicted octanol–water partition coefficient (Wildman–Crippen LogP) is 4.41. The maximum atomic E-state index is 13.6. The summed E-state index contributed by atoms with van der Waals surface area (Å²) in [6, 6.07) is 9.74. The average molecular weight is 405 g/mol. The van der Waals surface area contributed by atoms with Crippen LogP contribution in [0.2, 0.25) is 0 Å². The highest BCUT2D eigenvalue weighted by molar-refractivity contribution is 5.96. The highest BCUT2D eigenvalue weighted by Gasteiger charge is 2.57. The van der Waals surface area contributed by atoms with Gasteiger partial charge in [0.2, 0.25) is 0 Å². The van der Waals surface area contributed by atoms with Gasteiger partial charge in [-0.3, -0.25) is 9.79 Å². The van der Waals surface area contributed by atoms with E-state index in [1.807, 2.05) is 36.5 Å². The zero-order valence-electron chi connectivity index (χ0n) is 18.0. The molecule has 1 aliphatic carbocycles. The van der Waals surface area contributed by atoms with Crippen molar-refractivity contribution < 1.29 is 14.6 Å². The molecule has 1 saturated heterocycles. The van der Waals surface area contributed by atoms with E-state index in [0.717, 1.165) is 48.2 Å². The van der Waals surface area contributed by atoms with Crippen LogP contribution in [-0.2, 0) is 18.3 Å². The number of aliphatic imine (C=N–C) groups is 1. The Morgan fingerprint density at radius 1 is 1.20 bits per heavy atom. The number of carbonyl (C=O) groups excluding carboxylic acids is 1. The molecule has 2 aromatic carbocycles. The fourth-order valence-electron chi connectivity index (χ4n) is 5.75. The summed E-state index contributed by atoms with van der Waals surface area (Å²) in [5.74, 6) is 0.767. The molecule has 0 radical (unpaired) electrons. The third kappa shape index (κ3) is 2.47. The van der Waals surface area contributed by atoms with Crippen LogP contribution in [0.1, 0.15) is 54.2 Å². The minimum absolute atomic E-state index is 0.0635. The molecule has 0 saturated carbocycles. The first kappa shape index (κ1) is 19.2. The molecule has 5 rings (SSSR count). The molecule has 1 N–H and O–H groups in total. The smallest absolute Gasteiger partial charge is 0.254 e. The van der Waals surface area contributed by atoms with Gasteiger partial charge in [0.05, 0.1) is 12.8 Å². The van der Waals surface area contributed by atoms with Crippen LogP contribution in [0.25, 0.3) is 0 Å². The number of carbonyl (C=O) groups is 1. The Balaban J connectivity index is 1.55. The number of amides is 1. The molecule has 3 aliphatic rings. The van der Waals surface area contributed by atoms with Gasteiger partial charge in [-0.05, 0) is 65.3 Å². The van der Waals surface area contributed by atoms with Crippen molar-refractivity contribution in [3.8, 4) is 11.5 Å². The molecule has 2 atom stereocenters. The number of piperidine rings is 1. The number of nitrogens with zero attached hydrogens (tertiary/aromatic N) is 2. The molecule has 5 heteroatoms. The van der Waals surface area contributed by atoms with E-state index in [1.54, 1.807) is 7.11 Å². The maximum absolute atomic E-state index is 13.6. The SMILES string of the molecule is COc1cc2c(cc1O)CC1N(C(=O)c3ccc4c(c3)CC=N4)CCC2(C)C1(C)C. The summed E-state index contributed by atoms with van der Waals surface area (Å²) in [7, 11) is 1.59. The van der Waals surface area contributed by atoms with E-state index in [-0.39, 0.29) is 28.5 Å². The monoisotopic (exact) mass is 404 g/mol. The van der Waals surface area contributed by atoms with Gasteiger partial charge in [0.15, 0.2) is 11.5 Å². The number of benzene rings is 2. The van der Waals surface area contributed by atoms with Gasteiger partial charge in [-0.1, -0.05) is 20.8 Å². The standard InChI is InChI=1S/C25H28N2O3/c1-24(2)22-13-17-12-20(28)21(30-4)14-18(17)25(24,3)8-10-27(22)23(29)16-5-6-19-15(11-16)7-9-26-19/h5-6,9,11-12,14,22,28H,7-8,10,13H2,1-4H3. The number of aromatic hydroxyl groups is 1. The van der Waals surface area contributed by atoms with Crippen LogP contribution in [-0.4, -0.2) is 41.8 Å². The number of phenolic OH excluding ortho intramolecular Hbond substituents is 1. The Labute approximate surface area is 177 Å². The lowest BCUT2D eigenvalue weighted by Crippen LogP contribution is -2.64. The molecule has 30 heavy (non-hydrogen) atoms. The van der Waals surface area contributed by atoms with Crippen molar-refractivity contribution in [3.05, 3.63) is 52.6 Å². The number of hydrogen-bond donors (Lipinski definition) is 1. The summed E-state index contributed by atoms with van der Waals surface area (Å²) in [4.78, 5) is 20.0. The van der Waals surface area contributed by atoms with Gasteiger partial charge in [-0.2, -0.15) is 0 Å². The molecule has 2 heterocycles. The molecule has 0 spiro atoms. The second kappa shape index (κ2) is 6.34. The Bertz CT molecular complexity index is 1090. The van der Waals surface area contributed by atoms with Gasteiger partial charge in [-0.15, -0.1) is 0 Å². The Morgan fingerprint density at radius 3 is 2.77 bits per heavy atom. The molecular formula is C25H28N2O3. The lowest BCUT2D eigenvalue weighted by atomic mass is 9.51. The minimum atomic E-state index is -0.115. The average Bonchev–Trinajstić information content (AvgIpc) is 3.18. The Kier molecular flexibility index (Phi) is 4.05. The Hall–Kier alpha value is -2.82. The van der Waals surface area contributed by atoms with Crippen molar-refractivity contribution in [2.24, 2.45) is 10.4 Å². The summed E-state index contributed by atoms with van der Waals surface area (Å²) < 4.78 is 5.39. The quantitative estimate of drug-likeness (QED) is 0.806. The molecule has 5 nitrogen and oxygen atoms in total. The predicted molar refractivity (Wildman–Crippen MR) is 117 cm³/mol. The number of methoxy groups -OCH3 is 1. The van der Waals surface area contributed by atoms with Crippen LogP contribution in [0.15, 0.2) is 35.3 Å². The first-order valence-corrected chi connectivity index (χ1v) is 10.6. The fourth-order valence-corrected chi connectivity index (χ4v) is 5.75. The third-order valence-electron chi connectivity index (χ3n) is 8.03. The van der Waals surface area contributed by atoms with Gasteiger partial charge in [-0.25, -0.2) is 0 Å². The van der Waals surface area contributed by atoms with E-state index < -0.39 is 0 Å². The van der Waals surface area contributed by atoms with Gasteiger partial charge in [0.1, 0.15) is 0 Å². The molecule has 2 aromatic rings. The first-order valence-electron chi connectivity index (χ1n) is 10.6. The fraction of sp³-hybridized carbons (Fsp3) is 0.440. The topological polar surface area (TPSA) is 62.1 Å². The number of fused-ring (bicyclic) bond motifs is 5.